The molecule has 0 fully saturated rings. The molecule has 2 rings (SSSR count). The standard InChI is InChI=1S/C10H14N6/c1-7(10-15-12-6-16(10)2)13-9-5-3-4-8(11)14-9/h3-7H,1-2H3,(H3,11,13,14). The van der Waals surface area contributed by atoms with Crippen molar-refractivity contribution in [2.75, 3.05) is 11.1 Å². The van der Waals surface area contributed by atoms with Crippen LogP contribution in [0.5, 0.6) is 0 Å². The van der Waals surface area contributed by atoms with Crippen LogP contribution >= 0.6 is 0 Å². The fourth-order valence-corrected chi connectivity index (χ4v) is 1.50. The maximum Gasteiger partial charge on any atom is 0.154 e. The molecule has 0 aliphatic heterocycles. The van der Waals surface area contributed by atoms with Gasteiger partial charge in [-0.25, -0.2) is 4.98 Å². The van der Waals surface area contributed by atoms with E-state index in [1.165, 1.54) is 0 Å². The molecule has 0 aliphatic rings. The van der Waals surface area contributed by atoms with E-state index in [0.717, 1.165) is 11.6 Å². The number of hydrogen-bond donors (Lipinski definition) is 2. The predicted octanol–water partition coefficient (Wildman–Crippen LogP) is 0.965. The van der Waals surface area contributed by atoms with Crippen LogP contribution in [-0.2, 0) is 7.05 Å². The molecule has 0 saturated heterocycles. The first-order valence-electron chi connectivity index (χ1n) is 5.00. The molecule has 0 amide bonds. The first-order valence-corrected chi connectivity index (χ1v) is 5.00. The van der Waals surface area contributed by atoms with E-state index in [2.05, 4.69) is 20.5 Å². The normalized spacial score (nSPS) is 12.4. The van der Waals surface area contributed by atoms with Crippen LogP contribution in [0.2, 0.25) is 0 Å². The Bertz CT molecular complexity index is 478. The van der Waals surface area contributed by atoms with Crippen molar-refractivity contribution in [2.24, 2.45) is 7.05 Å². The molecule has 84 valence electrons. The molecule has 6 nitrogen and oxygen atoms in total. The third kappa shape index (κ3) is 2.10. The van der Waals surface area contributed by atoms with Gasteiger partial charge in [-0.1, -0.05) is 6.07 Å². The molecule has 0 spiro atoms. The minimum absolute atomic E-state index is 0.0294. The first-order chi connectivity index (χ1) is 7.66. The van der Waals surface area contributed by atoms with Crippen molar-refractivity contribution in [1.82, 2.24) is 19.7 Å². The Hall–Kier alpha value is -2.11. The maximum atomic E-state index is 5.60. The summed E-state index contributed by atoms with van der Waals surface area (Å²) in [4.78, 5) is 4.16. The predicted molar refractivity (Wildman–Crippen MR) is 61.7 cm³/mol. The molecule has 1 atom stereocenters. The van der Waals surface area contributed by atoms with Crippen LogP contribution in [-0.4, -0.2) is 19.7 Å². The highest BCUT2D eigenvalue weighted by Crippen LogP contribution is 2.15. The minimum atomic E-state index is 0.0294. The van der Waals surface area contributed by atoms with Crippen LogP contribution in [0.4, 0.5) is 11.6 Å². The van der Waals surface area contributed by atoms with Crippen molar-refractivity contribution in [3.63, 3.8) is 0 Å². The zero-order valence-electron chi connectivity index (χ0n) is 9.25. The van der Waals surface area contributed by atoms with Gasteiger partial charge < -0.3 is 15.6 Å². The molecule has 0 aromatic carbocycles. The number of nitrogen functional groups attached to an aromatic ring is 1. The van der Waals surface area contributed by atoms with Gasteiger partial charge >= 0.3 is 0 Å². The second kappa shape index (κ2) is 4.18. The summed E-state index contributed by atoms with van der Waals surface area (Å²) in [6.07, 6.45) is 1.67. The van der Waals surface area contributed by atoms with E-state index >= 15 is 0 Å². The average molecular weight is 218 g/mol. The lowest BCUT2D eigenvalue weighted by molar-refractivity contribution is 0.716. The summed E-state index contributed by atoms with van der Waals surface area (Å²) in [5.74, 6) is 2.08. The van der Waals surface area contributed by atoms with Gasteiger partial charge in [0.15, 0.2) is 5.82 Å². The molecule has 2 aromatic rings. The number of pyridine rings is 1. The number of aryl methyl sites for hydroxylation is 1. The van der Waals surface area contributed by atoms with Crippen LogP contribution in [0.3, 0.4) is 0 Å². The third-order valence-electron chi connectivity index (χ3n) is 2.27. The minimum Gasteiger partial charge on any atom is -0.384 e. The lowest BCUT2D eigenvalue weighted by atomic mass is 10.3. The summed E-state index contributed by atoms with van der Waals surface area (Å²) >= 11 is 0. The van der Waals surface area contributed by atoms with E-state index in [4.69, 9.17) is 5.73 Å². The quantitative estimate of drug-likeness (QED) is 0.802. The van der Waals surface area contributed by atoms with Gasteiger partial charge in [0.2, 0.25) is 0 Å². The SMILES string of the molecule is CC(Nc1cccc(N)n1)c1nncn1C. The molecule has 0 saturated carbocycles. The van der Waals surface area contributed by atoms with Crippen LogP contribution in [0, 0.1) is 0 Å². The molecule has 2 aromatic heterocycles. The summed E-state index contributed by atoms with van der Waals surface area (Å²) in [6, 6.07) is 5.50. The molecule has 0 aliphatic carbocycles. The molecule has 16 heavy (non-hydrogen) atoms. The van der Waals surface area contributed by atoms with Crippen LogP contribution < -0.4 is 11.1 Å². The zero-order valence-corrected chi connectivity index (χ0v) is 9.25. The van der Waals surface area contributed by atoms with Gasteiger partial charge in [-0.2, -0.15) is 0 Å². The van der Waals surface area contributed by atoms with E-state index in [-0.39, 0.29) is 6.04 Å². The van der Waals surface area contributed by atoms with Gasteiger partial charge in [0.1, 0.15) is 18.0 Å². The topological polar surface area (TPSA) is 81.7 Å². The second-order valence-electron chi connectivity index (χ2n) is 3.61. The highest BCUT2D eigenvalue weighted by molar-refractivity contribution is 5.43. The number of anilines is 2. The molecule has 6 heteroatoms. The first kappa shape index (κ1) is 10.4. The van der Waals surface area contributed by atoms with Crippen LogP contribution in [0.15, 0.2) is 24.5 Å². The Kier molecular flexibility index (Phi) is 2.72. The Balaban J connectivity index is 2.14. The van der Waals surface area contributed by atoms with E-state index in [1.807, 2.05) is 30.7 Å². The van der Waals surface area contributed by atoms with Gasteiger partial charge in [0.25, 0.3) is 0 Å². The van der Waals surface area contributed by atoms with Crippen molar-refractivity contribution in [3.8, 4) is 0 Å². The molecule has 2 heterocycles. The summed E-state index contributed by atoms with van der Waals surface area (Å²) in [5.41, 5.74) is 5.60. The molecular weight excluding hydrogens is 204 g/mol. The van der Waals surface area contributed by atoms with Crippen molar-refractivity contribution in [3.05, 3.63) is 30.4 Å². The number of nitrogens with one attached hydrogen (secondary N) is 1. The Morgan fingerprint density at radius 1 is 1.44 bits per heavy atom. The second-order valence-corrected chi connectivity index (χ2v) is 3.61. The summed E-state index contributed by atoms with van der Waals surface area (Å²) in [7, 11) is 1.90. The van der Waals surface area contributed by atoms with E-state index < -0.39 is 0 Å². The fraction of sp³-hybridized carbons (Fsp3) is 0.300. The molecule has 0 bridgehead atoms. The number of hydrogen-bond acceptors (Lipinski definition) is 5. The number of nitrogens with zero attached hydrogens (tertiary/aromatic N) is 4. The number of aromatic nitrogens is 4. The number of rotatable bonds is 3. The van der Waals surface area contributed by atoms with E-state index in [9.17, 15) is 0 Å². The Morgan fingerprint density at radius 3 is 2.88 bits per heavy atom. The molecule has 0 radical (unpaired) electrons. The molecule has 3 N–H and O–H groups in total. The maximum absolute atomic E-state index is 5.60. The van der Waals surface area contributed by atoms with Crippen molar-refractivity contribution in [2.45, 2.75) is 13.0 Å². The highest BCUT2D eigenvalue weighted by atomic mass is 15.3. The highest BCUT2D eigenvalue weighted by Gasteiger charge is 2.11. The summed E-state index contributed by atoms with van der Waals surface area (Å²) in [6.45, 7) is 1.99. The van der Waals surface area contributed by atoms with Gasteiger partial charge in [0, 0.05) is 7.05 Å². The Morgan fingerprint density at radius 2 is 2.25 bits per heavy atom. The van der Waals surface area contributed by atoms with Gasteiger partial charge in [-0.15, -0.1) is 10.2 Å². The van der Waals surface area contributed by atoms with Gasteiger partial charge in [-0.3, -0.25) is 0 Å². The summed E-state index contributed by atoms with van der Waals surface area (Å²) in [5, 5.41) is 11.1. The summed E-state index contributed by atoms with van der Waals surface area (Å²) < 4.78 is 1.87. The van der Waals surface area contributed by atoms with Gasteiger partial charge in [0.05, 0.1) is 6.04 Å². The lowest BCUT2D eigenvalue weighted by Gasteiger charge is -2.13. The van der Waals surface area contributed by atoms with Crippen LogP contribution in [0.1, 0.15) is 18.8 Å². The number of nitrogens with two attached hydrogens (primary N) is 1. The smallest absolute Gasteiger partial charge is 0.154 e. The van der Waals surface area contributed by atoms with Crippen molar-refractivity contribution < 1.29 is 0 Å². The third-order valence-corrected chi connectivity index (χ3v) is 2.27. The monoisotopic (exact) mass is 218 g/mol. The van der Waals surface area contributed by atoms with E-state index in [1.54, 1.807) is 12.4 Å². The van der Waals surface area contributed by atoms with Crippen LogP contribution in [0.25, 0.3) is 0 Å². The van der Waals surface area contributed by atoms with E-state index in [0.29, 0.717) is 5.82 Å². The van der Waals surface area contributed by atoms with Gasteiger partial charge in [-0.05, 0) is 19.1 Å². The largest absolute Gasteiger partial charge is 0.384 e. The molecule has 1 unspecified atom stereocenters. The fourth-order valence-electron chi connectivity index (χ4n) is 1.50. The molecular formula is C10H14N6. The van der Waals surface area contributed by atoms with Crippen molar-refractivity contribution >= 4 is 11.6 Å². The van der Waals surface area contributed by atoms with Crippen molar-refractivity contribution in [1.29, 1.82) is 0 Å². The Labute approximate surface area is 93.5 Å². The zero-order chi connectivity index (χ0) is 11.5. The lowest BCUT2D eigenvalue weighted by Crippen LogP contribution is -2.13. The average Bonchev–Trinajstić information content (AvgIpc) is 2.64.